The van der Waals surface area contributed by atoms with E-state index in [0.717, 1.165) is 0 Å². The lowest BCUT2D eigenvalue weighted by molar-refractivity contribution is 0.0308. The third-order valence-corrected chi connectivity index (χ3v) is 9.35. The molecule has 12 heteroatoms. The van der Waals surface area contributed by atoms with Crippen LogP contribution in [0, 0.1) is 0 Å². The molecule has 0 heterocycles. The summed E-state index contributed by atoms with van der Waals surface area (Å²) in [6, 6.07) is 0. The molecule has 0 aliphatic carbocycles. The second kappa shape index (κ2) is 10.8. The van der Waals surface area contributed by atoms with Crippen molar-refractivity contribution in [2.45, 2.75) is 35.3 Å². The van der Waals surface area contributed by atoms with Crippen molar-refractivity contribution >= 4 is 97.7 Å². The molecule has 0 fully saturated rings. The maximum atomic E-state index is 12.9. The largest absolute Gasteiger partial charge is 0.478 e. The van der Waals surface area contributed by atoms with Crippen molar-refractivity contribution in [3.63, 3.8) is 0 Å². The minimum Gasteiger partial charge on any atom is -0.287 e. The van der Waals surface area contributed by atoms with E-state index in [-0.39, 0.29) is 23.1 Å². The Morgan fingerprint density at radius 3 is 1.96 bits per heavy atom. The van der Waals surface area contributed by atoms with E-state index in [4.69, 9.17) is 71.6 Å². The van der Waals surface area contributed by atoms with Crippen molar-refractivity contribution in [3.8, 4) is 0 Å². The molecular formula is C11H18Br2Cl5O4P. The van der Waals surface area contributed by atoms with Crippen LogP contribution in [0.1, 0.15) is 20.3 Å². The van der Waals surface area contributed by atoms with E-state index in [1.165, 1.54) is 13.8 Å². The lowest BCUT2D eigenvalue weighted by atomic mass is 10.1. The molecule has 0 rings (SSSR count). The first-order valence-electron chi connectivity index (χ1n) is 6.37. The molecule has 0 aromatic rings. The lowest BCUT2D eigenvalue weighted by Crippen LogP contribution is -2.48. The quantitative estimate of drug-likeness (QED) is 0.146. The van der Waals surface area contributed by atoms with E-state index in [0.29, 0.717) is 12.3 Å². The van der Waals surface area contributed by atoms with E-state index in [2.05, 4.69) is 31.9 Å². The molecule has 3 atom stereocenters. The third-order valence-electron chi connectivity index (χ3n) is 2.58. The first kappa shape index (κ1) is 25.5. The predicted molar refractivity (Wildman–Crippen MR) is 106 cm³/mol. The molecule has 0 N–H and O–H groups in total. The lowest BCUT2D eigenvalue weighted by Gasteiger charge is -2.39. The normalized spacial score (nSPS) is 20.6. The summed E-state index contributed by atoms with van der Waals surface area (Å²) in [6.45, 7) is 2.91. The molecule has 4 nitrogen and oxygen atoms in total. The number of rotatable bonds is 12. The molecule has 23 heavy (non-hydrogen) atoms. The molecular weight excluding hydrogens is 564 g/mol. The average molecular weight is 582 g/mol. The van der Waals surface area contributed by atoms with Crippen LogP contribution in [0.15, 0.2) is 0 Å². The highest BCUT2D eigenvalue weighted by Gasteiger charge is 2.52. The summed E-state index contributed by atoms with van der Waals surface area (Å²) >= 11 is 36.6. The molecule has 0 bridgehead atoms. The Bertz CT molecular complexity index is 410. The highest BCUT2D eigenvalue weighted by molar-refractivity contribution is 9.10. The van der Waals surface area contributed by atoms with Gasteiger partial charge < -0.3 is 0 Å². The van der Waals surface area contributed by atoms with E-state index < -0.39 is 22.8 Å². The number of hydrogen-bond acceptors (Lipinski definition) is 4. The molecule has 0 spiro atoms. The third kappa shape index (κ3) is 8.38. The van der Waals surface area contributed by atoms with Gasteiger partial charge in [-0.3, -0.25) is 13.6 Å². The average Bonchev–Trinajstić information content (AvgIpc) is 2.45. The first-order valence-corrected chi connectivity index (χ1v) is 12.3. The zero-order chi connectivity index (χ0) is 18.4. The van der Waals surface area contributed by atoms with Crippen LogP contribution in [0.3, 0.4) is 0 Å². The van der Waals surface area contributed by atoms with Crippen molar-refractivity contribution < 1.29 is 18.1 Å². The Morgan fingerprint density at radius 2 is 1.57 bits per heavy atom. The highest BCUT2D eigenvalue weighted by atomic mass is 79.9. The predicted octanol–water partition coefficient (Wildman–Crippen LogP) is 6.69. The smallest absolute Gasteiger partial charge is 0.287 e. The monoisotopic (exact) mass is 578 g/mol. The molecule has 0 amide bonds. The fraction of sp³-hybridized carbons (Fsp3) is 1.00. The minimum atomic E-state index is -4.16. The highest BCUT2D eigenvalue weighted by Crippen LogP contribution is 2.59. The van der Waals surface area contributed by atoms with E-state index >= 15 is 0 Å². The van der Waals surface area contributed by atoms with Crippen LogP contribution in [0.4, 0.5) is 0 Å². The van der Waals surface area contributed by atoms with Gasteiger partial charge in [0.25, 0.3) is 0 Å². The van der Waals surface area contributed by atoms with Gasteiger partial charge in [0.2, 0.25) is 0 Å². The van der Waals surface area contributed by atoms with E-state index in [9.17, 15) is 4.57 Å². The summed E-state index contributed by atoms with van der Waals surface area (Å²) in [5, 5.41) is -2.57. The second-order valence-electron chi connectivity index (χ2n) is 4.89. The van der Waals surface area contributed by atoms with Crippen LogP contribution >= 0.6 is 97.7 Å². The Balaban J connectivity index is 5.40. The maximum absolute atomic E-state index is 12.9. The fourth-order valence-corrected chi connectivity index (χ4v) is 6.04. The molecule has 0 aliphatic rings. The summed E-state index contributed by atoms with van der Waals surface area (Å²) in [4.78, 5) is -1.13. The summed E-state index contributed by atoms with van der Waals surface area (Å²) in [6.07, 6.45) is 0.431. The van der Waals surface area contributed by atoms with Gasteiger partial charge in [-0.1, -0.05) is 55.1 Å². The van der Waals surface area contributed by atoms with Crippen LogP contribution < -0.4 is 0 Å². The van der Waals surface area contributed by atoms with Gasteiger partial charge in [-0.25, -0.2) is 4.57 Å². The molecule has 0 aliphatic heterocycles. The number of phosphoric acid groups is 1. The topological polar surface area (TPSA) is 44.8 Å². The van der Waals surface area contributed by atoms with Gasteiger partial charge in [-0.2, -0.15) is 0 Å². The van der Waals surface area contributed by atoms with Gasteiger partial charge in [-0.15, -0.1) is 34.8 Å². The summed E-state index contributed by atoms with van der Waals surface area (Å²) in [5.41, 5.74) is 0. The zero-order valence-corrected chi connectivity index (χ0v) is 20.3. The summed E-state index contributed by atoms with van der Waals surface area (Å²) < 4.78 is 28.9. The first-order chi connectivity index (χ1) is 10.4. The summed E-state index contributed by atoms with van der Waals surface area (Å²) in [5.74, 6) is 0.163. The van der Waals surface area contributed by atoms with Crippen LogP contribution in [-0.2, 0) is 18.1 Å². The molecule has 0 aromatic heterocycles. The van der Waals surface area contributed by atoms with E-state index in [1.807, 2.05) is 0 Å². The van der Waals surface area contributed by atoms with Gasteiger partial charge >= 0.3 is 7.82 Å². The van der Waals surface area contributed by atoms with Crippen molar-refractivity contribution in [3.05, 3.63) is 0 Å². The Morgan fingerprint density at radius 1 is 1.04 bits per heavy atom. The van der Waals surface area contributed by atoms with Crippen molar-refractivity contribution in [2.24, 2.45) is 0 Å². The van der Waals surface area contributed by atoms with Crippen molar-refractivity contribution in [1.29, 1.82) is 0 Å². The van der Waals surface area contributed by atoms with Crippen molar-refractivity contribution in [1.82, 2.24) is 0 Å². The Kier molecular flexibility index (Phi) is 11.9. The van der Waals surface area contributed by atoms with Crippen LogP contribution in [0.2, 0.25) is 0 Å². The maximum Gasteiger partial charge on any atom is 0.478 e. The molecule has 0 saturated carbocycles. The molecule has 0 radical (unpaired) electrons. The fourth-order valence-electron chi connectivity index (χ4n) is 1.13. The second-order valence-corrected chi connectivity index (χ2v) is 10.4. The van der Waals surface area contributed by atoms with Gasteiger partial charge in [0.1, 0.15) is 4.87 Å². The number of alkyl halides is 7. The van der Waals surface area contributed by atoms with Gasteiger partial charge in [0.05, 0.1) is 12.5 Å². The number of halogens is 7. The Hall–Kier alpha value is 2.52. The van der Waals surface area contributed by atoms with Crippen molar-refractivity contribution in [2.75, 3.05) is 29.0 Å². The molecule has 0 saturated heterocycles. The summed E-state index contributed by atoms with van der Waals surface area (Å²) in [7, 11) is -4.16. The Labute approximate surface area is 179 Å². The minimum absolute atomic E-state index is 0.0287. The molecule has 0 aromatic carbocycles. The van der Waals surface area contributed by atoms with Gasteiger partial charge in [-0.05, 0) is 20.3 Å². The molecule has 140 valence electrons. The van der Waals surface area contributed by atoms with Crippen LogP contribution in [0.25, 0.3) is 0 Å². The standard InChI is InChI=1S/C11H18Br2Cl5O4P/c1-9(16,8-15)21-23(19,20-5-3-4-14)22-10(2,17)11(18,6-12)7-13/h3-8H2,1-2H3. The van der Waals surface area contributed by atoms with E-state index in [1.54, 1.807) is 0 Å². The van der Waals surface area contributed by atoms with Gasteiger partial charge in [0, 0.05) is 16.5 Å². The SMILES string of the molecule is CC(Cl)(CCl)OP(=O)(OCCCCl)OC(C)(Cl)C(Cl)(CBr)CBr. The molecule has 3 unspecified atom stereocenters. The van der Waals surface area contributed by atoms with Gasteiger partial charge in [0.15, 0.2) is 10.1 Å². The number of hydrogen-bond donors (Lipinski definition) is 0. The van der Waals surface area contributed by atoms with Crippen LogP contribution in [-0.4, -0.2) is 44.0 Å². The van der Waals surface area contributed by atoms with Crippen LogP contribution in [0.5, 0.6) is 0 Å². The number of phosphoric ester groups is 1. The zero-order valence-electron chi connectivity index (χ0n) is 12.5.